The third-order valence-corrected chi connectivity index (χ3v) is 6.89. The minimum absolute atomic E-state index is 0.0871. The molecule has 3 heteroatoms. The number of carbonyl (C=O) groups is 1. The van der Waals surface area contributed by atoms with Gasteiger partial charge in [0, 0.05) is 5.41 Å². The lowest BCUT2D eigenvalue weighted by molar-refractivity contribution is -0.149. The first kappa shape index (κ1) is 17.6. The molecule has 24 heavy (non-hydrogen) atoms. The topological polar surface area (TPSA) is 57.5 Å². The first-order valence-corrected chi connectivity index (χ1v) is 9.27. The molecular formula is C21H30O3. The van der Waals surface area contributed by atoms with Crippen LogP contribution in [0, 0.1) is 11.3 Å². The van der Waals surface area contributed by atoms with E-state index in [1.54, 1.807) is 0 Å². The SMILES string of the molecule is C=C1CC[C@H](O)C/C1=C/C=C1\CCC[C@@]2(C)[C@H]1CC[C@@]2(O)C(C)=O. The van der Waals surface area contributed by atoms with Crippen LogP contribution in [0.4, 0.5) is 0 Å². The number of aliphatic hydroxyl groups is 2. The molecule has 3 rings (SSSR count). The van der Waals surface area contributed by atoms with Gasteiger partial charge in [-0.25, -0.2) is 0 Å². The van der Waals surface area contributed by atoms with E-state index in [9.17, 15) is 15.0 Å². The number of carbonyl (C=O) groups excluding carboxylic acids is 1. The third kappa shape index (κ3) is 2.72. The highest BCUT2D eigenvalue weighted by atomic mass is 16.3. The van der Waals surface area contributed by atoms with Gasteiger partial charge < -0.3 is 10.2 Å². The quantitative estimate of drug-likeness (QED) is 0.808. The molecule has 3 saturated carbocycles. The number of hydrogen-bond donors (Lipinski definition) is 2. The van der Waals surface area contributed by atoms with Crippen molar-refractivity contribution >= 4 is 5.78 Å². The molecule has 0 heterocycles. The first-order chi connectivity index (χ1) is 11.3. The van der Waals surface area contributed by atoms with Crippen molar-refractivity contribution in [1.29, 1.82) is 0 Å². The predicted molar refractivity (Wildman–Crippen MR) is 95.5 cm³/mol. The summed E-state index contributed by atoms with van der Waals surface area (Å²) in [6.07, 6.45) is 10.8. The number of aliphatic hydroxyl groups excluding tert-OH is 1. The Morgan fingerprint density at radius 3 is 2.71 bits per heavy atom. The van der Waals surface area contributed by atoms with Crippen LogP contribution in [-0.2, 0) is 4.79 Å². The Hall–Kier alpha value is -1.19. The average molecular weight is 330 g/mol. The molecule has 132 valence electrons. The number of ketones is 1. The van der Waals surface area contributed by atoms with Crippen molar-refractivity contribution in [3.8, 4) is 0 Å². The van der Waals surface area contributed by atoms with Gasteiger partial charge in [0.15, 0.2) is 5.78 Å². The van der Waals surface area contributed by atoms with Crippen LogP contribution in [-0.4, -0.2) is 27.7 Å². The van der Waals surface area contributed by atoms with Gasteiger partial charge in [0.1, 0.15) is 5.60 Å². The summed E-state index contributed by atoms with van der Waals surface area (Å²) >= 11 is 0. The van der Waals surface area contributed by atoms with E-state index in [0.717, 1.165) is 49.7 Å². The van der Waals surface area contributed by atoms with E-state index >= 15 is 0 Å². The van der Waals surface area contributed by atoms with Gasteiger partial charge in [-0.3, -0.25) is 4.79 Å². The molecule has 3 fully saturated rings. The van der Waals surface area contributed by atoms with Crippen molar-refractivity contribution in [1.82, 2.24) is 0 Å². The van der Waals surface area contributed by atoms with Gasteiger partial charge in [-0.2, -0.15) is 0 Å². The molecule has 0 aromatic rings. The molecule has 3 aliphatic carbocycles. The zero-order valence-corrected chi connectivity index (χ0v) is 15.0. The lowest BCUT2D eigenvalue weighted by atomic mass is 9.61. The van der Waals surface area contributed by atoms with Crippen LogP contribution in [0.2, 0.25) is 0 Å². The molecule has 0 aliphatic heterocycles. The largest absolute Gasteiger partial charge is 0.393 e. The van der Waals surface area contributed by atoms with Crippen molar-refractivity contribution in [2.75, 3.05) is 0 Å². The van der Waals surface area contributed by atoms with Gasteiger partial charge in [0.05, 0.1) is 6.10 Å². The van der Waals surface area contributed by atoms with E-state index in [2.05, 4.69) is 25.7 Å². The van der Waals surface area contributed by atoms with Crippen LogP contribution >= 0.6 is 0 Å². The van der Waals surface area contributed by atoms with Gasteiger partial charge >= 0.3 is 0 Å². The molecule has 0 amide bonds. The fourth-order valence-electron chi connectivity index (χ4n) is 5.23. The van der Waals surface area contributed by atoms with Gasteiger partial charge in [0.25, 0.3) is 0 Å². The Morgan fingerprint density at radius 2 is 2.00 bits per heavy atom. The maximum Gasteiger partial charge on any atom is 0.161 e. The van der Waals surface area contributed by atoms with E-state index in [1.807, 2.05) is 0 Å². The summed E-state index contributed by atoms with van der Waals surface area (Å²) in [5, 5.41) is 20.9. The van der Waals surface area contributed by atoms with E-state index in [4.69, 9.17) is 0 Å². The zero-order valence-electron chi connectivity index (χ0n) is 15.0. The predicted octanol–water partition coefficient (Wildman–Crippen LogP) is 3.86. The zero-order chi connectivity index (χ0) is 17.5. The summed E-state index contributed by atoms with van der Waals surface area (Å²) in [6.45, 7) is 7.75. The van der Waals surface area contributed by atoms with Gasteiger partial charge in [-0.05, 0) is 69.8 Å². The Kier molecular flexibility index (Phi) is 4.61. The van der Waals surface area contributed by atoms with E-state index in [1.165, 1.54) is 12.5 Å². The number of Topliss-reactive ketones (excluding diaryl/α,β-unsaturated/α-hetero) is 1. The normalized spacial score (nSPS) is 43.2. The number of fused-ring (bicyclic) bond motifs is 1. The molecule has 0 radical (unpaired) electrons. The van der Waals surface area contributed by atoms with Gasteiger partial charge in [0.2, 0.25) is 0 Å². The van der Waals surface area contributed by atoms with Gasteiger partial charge in [-0.1, -0.05) is 36.8 Å². The molecular weight excluding hydrogens is 300 g/mol. The lowest BCUT2D eigenvalue weighted by Gasteiger charge is -2.45. The number of rotatable bonds is 2. The third-order valence-electron chi connectivity index (χ3n) is 6.89. The Balaban J connectivity index is 1.87. The average Bonchev–Trinajstić information content (AvgIpc) is 2.82. The summed E-state index contributed by atoms with van der Waals surface area (Å²) in [6, 6.07) is 0. The molecule has 2 N–H and O–H groups in total. The van der Waals surface area contributed by atoms with Crippen LogP contribution in [0.1, 0.15) is 65.2 Å². The molecule has 0 bridgehead atoms. The maximum atomic E-state index is 12.1. The van der Waals surface area contributed by atoms with E-state index in [-0.39, 0.29) is 23.2 Å². The molecule has 3 aliphatic rings. The van der Waals surface area contributed by atoms with Crippen molar-refractivity contribution in [2.24, 2.45) is 11.3 Å². The molecule has 0 unspecified atom stereocenters. The Labute approximate surface area is 145 Å². The second kappa shape index (κ2) is 6.27. The van der Waals surface area contributed by atoms with Crippen molar-refractivity contribution in [2.45, 2.75) is 76.9 Å². The molecule has 4 atom stereocenters. The summed E-state index contributed by atoms with van der Waals surface area (Å²) < 4.78 is 0. The summed E-state index contributed by atoms with van der Waals surface area (Å²) in [7, 11) is 0. The monoisotopic (exact) mass is 330 g/mol. The second-order valence-electron chi connectivity index (χ2n) is 8.21. The smallest absolute Gasteiger partial charge is 0.161 e. The highest BCUT2D eigenvalue weighted by Gasteiger charge is 2.60. The lowest BCUT2D eigenvalue weighted by Crippen LogP contribution is -2.51. The van der Waals surface area contributed by atoms with Gasteiger partial charge in [-0.15, -0.1) is 0 Å². The van der Waals surface area contributed by atoms with Crippen LogP contribution in [0.5, 0.6) is 0 Å². The van der Waals surface area contributed by atoms with Crippen molar-refractivity contribution in [3.05, 3.63) is 35.5 Å². The van der Waals surface area contributed by atoms with Crippen LogP contribution in [0.3, 0.4) is 0 Å². The minimum Gasteiger partial charge on any atom is -0.393 e. The fraction of sp³-hybridized carbons (Fsp3) is 0.667. The molecule has 0 aromatic heterocycles. The summed E-state index contributed by atoms with van der Waals surface area (Å²) in [5.74, 6) is 0.190. The molecule has 0 aromatic carbocycles. The van der Waals surface area contributed by atoms with E-state index < -0.39 is 5.60 Å². The highest BCUT2D eigenvalue weighted by molar-refractivity contribution is 5.86. The highest BCUT2D eigenvalue weighted by Crippen LogP contribution is 2.59. The summed E-state index contributed by atoms with van der Waals surface area (Å²) in [4.78, 5) is 12.1. The van der Waals surface area contributed by atoms with Crippen LogP contribution in [0.25, 0.3) is 0 Å². The van der Waals surface area contributed by atoms with Crippen LogP contribution < -0.4 is 0 Å². The standard InChI is InChI=1S/C21H30O3/c1-14-6-9-18(23)13-17(14)8-7-16-5-4-11-20(3)19(16)10-12-21(20,24)15(2)22/h7-8,18-19,23-24H,1,4-6,9-13H2,2-3H3/b16-7+,17-8-/t18-,19-,20-,21+/m0/s1. The summed E-state index contributed by atoms with van der Waals surface area (Å²) in [5.41, 5.74) is 2.11. The molecule has 0 spiro atoms. The second-order valence-corrected chi connectivity index (χ2v) is 8.21. The van der Waals surface area contributed by atoms with Crippen molar-refractivity contribution < 1.29 is 15.0 Å². The van der Waals surface area contributed by atoms with E-state index in [0.29, 0.717) is 12.8 Å². The molecule has 3 nitrogen and oxygen atoms in total. The van der Waals surface area contributed by atoms with Crippen LogP contribution in [0.15, 0.2) is 35.5 Å². The Morgan fingerprint density at radius 1 is 1.25 bits per heavy atom. The minimum atomic E-state index is -1.17. The molecule has 0 saturated heterocycles. The van der Waals surface area contributed by atoms with Crippen molar-refractivity contribution in [3.63, 3.8) is 0 Å². The number of allylic oxidation sites excluding steroid dienone is 4. The first-order valence-electron chi connectivity index (χ1n) is 9.27. The fourth-order valence-corrected chi connectivity index (χ4v) is 5.23. The Bertz CT molecular complexity index is 615. The number of hydrogen-bond acceptors (Lipinski definition) is 3. The maximum absolute atomic E-state index is 12.1.